The van der Waals surface area contributed by atoms with E-state index in [9.17, 15) is 14.9 Å². The monoisotopic (exact) mass is 376 g/mol. The molecule has 0 N–H and O–H groups in total. The fourth-order valence-corrected chi connectivity index (χ4v) is 3.55. The van der Waals surface area contributed by atoms with Gasteiger partial charge in [-0.25, -0.2) is 0 Å². The van der Waals surface area contributed by atoms with Crippen LogP contribution in [0.15, 0.2) is 53.4 Å². The largest absolute Gasteiger partial charge is 0.270 e. The first-order valence-electron chi connectivity index (χ1n) is 6.74. The van der Waals surface area contributed by atoms with Crippen molar-refractivity contribution in [2.24, 2.45) is 0 Å². The molecular weight excluding hydrogens is 368 g/mol. The molecule has 120 valence electrons. The predicted molar refractivity (Wildman–Crippen MR) is 100 cm³/mol. The second-order valence-electron chi connectivity index (χ2n) is 4.84. The number of thioether (sulfide) groups is 1. The van der Waals surface area contributed by atoms with E-state index in [1.807, 2.05) is 0 Å². The van der Waals surface area contributed by atoms with Crippen LogP contribution in [0.5, 0.6) is 0 Å². The molecule has 1 saturated heterocycles. The van der Waals surface area contributed by atoms with Crippen molar-refractivity contribution in [2.75, 3.05) is 4.90 Å². The Hall–Kier alpha value is -2.22. The van der Waals surface area contributed by atoms with Crippen LogP contribution in [-0.2, 0) is 4.79 Å². The van der Waals surface area contributed by atoms with Gasteiger partial charge in [0.25, 0.3) is 11.6 Å². The SMILES string of the molecule is O=C1/C(=C\c2ccc(Cl)cc2)SC(=S)N1c1ccc([N+](=O)[O-])cc1. The number of carbonyl (C=O) groups excluding carboxylic acids is 1. The van der Waals surface area contributed by atoms with E-state index in [-0.39, 0.29) is 11.6 Å². The number of nitrogens with zero attached hydrogens (tertiary/aromatic N) is 2. The number of benzene rings is 2. The minimum absolute atomic E-state index is 0.0408. The summed E-state index contributed by atoms with van der Waals surface area (Å²) in [6.07, 6.45) is 1.74. The molecule has 24 heavy (non-hydrogen) atoms. The molecule has 0 unspecified atom stereocenters. The minimum atomic E-state index is -0.492. The second-order valence-corrected chi connectivity index (χ2v) is 6.95. The van der Waals surface area contributed by atoms with Gasteiger partial charge in [-0.15, -0.1) is 0 Å². The zero-order chi connectivity index (χ0) is 17.3. The van der Waals surface area contributed by atoms with Crippen molar-refractivity contribution in [1.82, 2.24) is 0 Å². The molecule has 1 heterocycles. The molecule has 0 bridgehead atoms. The maximum atomic E-state index is 12.6. The van der Waals surface area contributed by atoms with Crippen LogP contribution in [0.1, 0.15) is 5.56 Å². The molecule has 0 saturated carbocycles. The van der Waals surface area contributed by atoms with E-state index >= 15 is 0 Å². The van der Waals surface area contributed by atoms with E-state index in [0.29, 0.717) is 19.9 Å². The smallest absolute Gasteiger partial charge is 0.268 e. The van der Waals surface area contributed by atoms with Gasteiger partial charge >= 0.3 is 0 Å². The van der Waals surface area contributed by atoms with Gasteiger partial charge in [-0.2, -0.15) is 0 Å². The molecule has 0 spiro atoms. The van der Waals surface area contributed by atoms with E-state index in [0.717, 1.165) is 5.56 Å². The summed E-state index contributed by atoms with van der Waals surface area (Å²) in [6.45, 7) is 0. The van der Waals surface area contributed by atoms with Gasteiger partial charge in [-0.1, -0.05) is 47.7 Å². The number of hydrogen-bond donors (Lipinski definition) is 0. The molecule has 8 heteroatoms. The molecule has 0 radical (unpaired) electrons. The van der Waals surface area contributed by atoms with Crippen molar-refractivity contribution in [2.45, 2.75) is 0 Å². The van der Waals surface area contributed by atoms with Gasteiger partial charge in [0.1, 0.15) is 0 Å². The third-order valence-corrected chi connectivity index (χ3v) is 4.83. The lowest BCUT2D eigenvalue weighted by Gasteiger charge is -2.13. The Labute approximate surface area is 152 Å². The van der Waals surface area contributed by atoms with Crippen LogP contribution in [0.2, 0.25) is 5.02 Å². The zero-order valence-electron chi connectivity index (χ0n) is 12.0. The molecule has 1 fully saturated rings. The molecule has 2 aromatic rings. The highest BCUT2D eigenvalue weighted by molar-refractivity contribution is 8.27. The Balaban J connectivity index is 1.88. The lowest BCUT2D eigenvalue weighted by molar-refractivity contribution is -0.384. The number of anilines is 1. The van der Waals surface area contributed by atoms with Crippen LogP contribution in [0, 0.1) is 10.1 Å². The van der Waals surface area contributed by atoms with Crippen molar-refractivity contribution >= 4 is 63.3 Å². The van der Waals surface area contributed by atoms with Crippen molar-refractivity contribution in [3.05, 3.63) is 74.1 Å². The maximum absolute atomic E-state index is 12.6. The summed E-state index contributed by atoms with van der Waals surface area (Å²) >= 11 is 12.3. The molecule has 1 amide bonds. The Morgan fingerprint density at radius 3 is 2.33 bits per heavy atom. The predicted octanol–water partition coefficient (Wildman–Crippen LogP) is 4.65. The number of thiocarbonyl (C=S) groups is 1. The molecule has 0 aliphatic carbocycles. The number of nitro groups is 1. The third kappa shape index (κ3) is 3.33. The van der Waals surface area contributed by atoms with Crippen molar-refractivity contribution in [3.8, 4) is 0 Å². The van der Waals surface area contributed by atoms with Crippen LogP contribution >= 0.6 is 35.6 Å². The number of hydrogen-bond acceptors (Lipinski definition) is 5. The van der Waals surface area contributed by atoms with Crippen molar-refractivity contribution in [1.29, 1.82) is 0 Å². The first-order valence-corrected chi connectivity index (χ1v) is 8.34. The molecule has 2 aromatic carbocycles. The van der Waals surface area contributed by atoms with Gasteiger partial charge in [0.15, 0.2) is 4.32 Å². The third-order valence-electron chi connectivity index (χ3n) is 3.28. The fourth-order valence-electron chi connectivity index (χ4n) is 2.12. The van der Waals surface area contributed by atoms with Gasteiger partial charge in [-0.3, -0.25) is 19.8 Å². The molecule has 3 rings (SSSR count). The number of rotatable bonds is 3. The van der Waals surface area contributed by atoms with Gasteiger partial charge in [0.2, 0.25) is 0 Å². The molecular formula is C16H9ClN2O3S2. The van der Waals surface area contributed by atoms with Crippen LogP contribution < -0.4 is 4.90 Å². The summed E-state index contributed by atoms with van der Waals surface area (Å²) in [5.41, 5.74) is 1.30. The first kappa shape index (κ1) is 16.6. The minimum Gasteiger partial charge on any atom is -0.268 e. The van der Waals surface area contributed by atoms with Crippen LogP contribution in [-0.4, -0.2) is 15.2 Å². The number of amides is 1. The van der Waals surface area contributed by atoms with Crippen LogP contribution in [0.25, 0.3) is 6.08 Å². The summed E-state index contributed by atoms with van der Waals surface area (Å²) < 4.78 is 0.383. The van der Waals surface area contributed by atoms with Gasteiger partial charge < -0.3 is 0 Å². The van der Waals surface area contributed by atoms with Crippen LogP contribution in [0.3, 0.4) is 0 Å². The quantitative estimate of drug-likeness (QED) is 0.337. The normalized spacial score (nSPS) is 16.0. The second kappa shape index (κ2) is 6.72. The number of carbonyl (C=O) groups is 1. The van der Waals surface area contributed by atoms with Crippen LogP contribution in [0.4, 0.5) is 11.4 Å². The molecule has 5 nitrogen and oxygen atoms in total. The first-order chi connectivity index (χ1) is 11.5. The van der Waals surface area contributed by atoms with E-state index in [2.05, 4.69) is 0 Å². The highest BCUT2D eigenvalue weighted by atomic mass is 35.5. The Bertz CT molecular complexity index is 864. The Morgan fingerprint density at radius 2 is 1.75 bits per heavy atom. The van der Waals surface area contributed by atoms with E-state index in [1.165, 1.54) is 40.9 Å². The molecule has 0 aromatic heterocycles. The molecule has 1 aliphatic rings. The summed E-state index contributed by atoms with van der Waals surface area (Å²) in [6, 6.07) is 12.8. The number of halogens is 1. The average molecular weight is 377 g/mol. The van der Waals surface area contributed by atoms with E-state index in [1.54, 1.807) is 30.3 Å². The Kier molecular flexibility index (Phi) is 4.66. The van der Waals surface area contributed by atoms with Crippen molar-refractivity contribution in [3.63, 3.8) is 0 Å². The van der Waals surface area contributed by atoms with E-state index in [4.69, 9.17) is 23.8 Å². The van der Waals surface area contributed by atoms with Gasteiger partial charge in [0.05, 0.1) is 15.5 Å². The average Bonchev–Trinajstić information content (AvgIpc) is 2.83. The topological polar surface area (TPSA) is 63.5 Å². The van der Waals surface area contributed by atoms with Gasteiger partial charge in [-0.05, 0) is 35.9 Å². The zero-order valence-corrected chi connectivity index (χ0v) is 14.4. The highest BCUT2D eigenvalue weighted by Gasteiger charge is 2.33. The summed E-state index contributed by atoms with van der Waals surface area (Å²) in [5, 5.41) is 11.3. The maximum Gasteiger partial charge on any atom is 0.270 e. The Morgan fingerprint density at radius 1 is 1.12 bits per heavy atom. The van der Waals surface area contributed by atoms with E-state index < -0.39 is 4.92 Å². The number of nitro benzene ring substituents is 1. The molecule has 1 aliphatic heterocycles. The number of non-ortho nitro benzene ring substituents is 1. The fraction of sp³-hybridized carbons (Fsp3) is 0. The standard InChI is InChI=1S/C16H9ClN2O3S2/c17-11-3-1-10(2-4-11)9-14-15(20)18(16(23)24-14)12-5-7-13(8-6-12)19(21)22/h1-9H/b14-9+. The summed E-state index contributed by atoms with van der Waals surface area (Å²) in [4.78, 5) is 24.7. The summed E-state index contributed by atoms with van der Waals surface area (Å²) in [5.74, 6) is -0.256. The van der Waals surface area contributed by atoms with Gasteiger partial charge in [0, 0.05) is 17.2 Å². The van der Waals surface area contributed by atoms with Crippen molar-refractivity contribution < 1.29 is 9.72 Å². The lowest BCUT2D eigenvalue weighted by atomic mass is 10.2. The highest BCUT2D eigenvalue weighted by Crippen LogP contribution is 2.36. The summed E-state index contributed by atoms with van der Waals surface area (Å²) in [7, 11) is 0. The molecule has 0 atom stereocenters. The lowest BCUT2D eigenvalue weighted by Crippen LogP contribution is -2.27.